The smallest absolute Gasteiger partial charge is 0.125 e. The van der Waals surface area contributed by atoms with Crippen molar-refractivity contribution in [2.75, 3.05) is 13.6 Å². The van der Waals surface area contributed by atoms with Gasteiger partial charge in [0, 0.05) is 12.5 Å². The van der Waals surface area contributed by atoms with Crippen LogP contribution in [0.2, 0.25) is 0 Å². The maximum atomic E-state index is 6.40. The van der Waals surface area contributed by atoms with Gasteiger partial charge in [-0.1, -0.05) is 24.1 Å². The van der Waals surface area contributed by atoms with Crippen LogP contribution in [0.4, 0.5) is 0 Å². The molecule has 0 radical (unpaired) electrons. The first kappa shape index (κ1) is 14.4. The molecule has 2 unspecified atom stereocenters. The van der Waals surface area contributed by atoms with E-state index in [4.69, 9.17) is 4.74 Å². The van der Waals surface area contributed by atoms with E-state index in [9.17, 15) is 0 Å². The van der Waals surface area contributed by atoms with E-state index in [1.165, 1.54) is 42.4 Å². The molecule has 2 nitrogen and oxygen atoms in total. The molecule has 2 rings (SSSR count). The molecule has 0 amide bonds. The Hall–Kier alpha value is -1.02. The molecule has 106 valence electrons. The average molecular weight is 261 g/mol. The number of ether oxygens (including phenoxy) is 1. The molecule has 1 N–H and O–H groups in total. The molecule has 0 bridgehead atoms. The second kappa shape index (κ2) is 6.42. The van der Waals surface area contributed by atoms with Crippen molar-refractivity contribution in [3.8, 4) is 5.75 Å². The molecule has 0 aromatic heterocycles. The quantitative estimate of drug-likeness (QED) is 0.891. The summed E-state index contributed by atoms with van der Waals surface area (Å²) >= 11 is 0. The fourth-order valence-corrected chi connectivity index (χ4v) is 3.33. The first-order chi connectivity index (χ1) is 9.11. The molecule has 1 aromatic carbocycles. The maximum Gasteiger partial charge on any atom is 0.125 e. The molecule has 2 atom stereocenters. The van der Waals surface area contributed by atoms with E-state index in [0.29, 0.717) is 12.0 Å². The van der Waals surface area contributed by atoms with Crippen molar-refractivity contribution >= 4 is 0 Å². The molecular formula is C17H27NO. The molecule has 1 aliphatic rings. The number of benzene rings is 1. The van der Waals surface area contributed by atoms with Crippen molar-refractivity contribution in [1.29, 1.82) is 0 Å². The second-order valence-electron chi connectivity index (χ2n) is 5.99. The van der Waals surface area contributed by atoms with Crippen LogP contribution in [0.15, 0.2) is 12.1 Å². The van der Waals surface area contributed by atoms with Crippen molar-refractivity contribution in [3.05, 3.63) is 28.8 Å². The Labute approximate surface area is 117 Å². The van der Waals surface area contributed by atoms with Crippen molar-refractivity contribution in [1.82, 2.24) is 5.32 Å². The molecule has 1 fully saturated rings. The second-order valence-corrected chi connectivity index (χ2v) is 5.99. The fraction of sp³-hybridized carbons (Fsp3) is 0.647. The van der Waals surface area contributed by atoms with Crippen molar-refractivity contribution in [2.45, 2.75) is 52.6 Å². The molecule has 1 saturated carbocycles. The Kier molecular flexibility index (Phi) is 4.87. The van der Waals surface area contributed by atoms with Gasteiger partial charge in [0.2, 0.25) is 0 Å². The minimum atomic E-state index is 0.376. The normalized spacial score (nSPS) is 23.4. The zero-order chi connectivity index (χ0) is 13.8. The van der Waals surface area contributed by atoms with Crippen molar-refractivity contribution in [3.63, 3.8) is 0 Å². The molecule has 1 aromatic rings. The van der Waals surface area contributed by atoms with Crippen LogP contribution in [0.3, 0.4) is 0 Å². The van der Waals surface area contributed by atoms with E-state index in [2.05, 4.69) is 38.2 Å². The summed E-state index contributed by atoms with van der Waals surface area (Å²) in [6.07, 6.45) is 5.50. The van der Waals surface area contributed by atoms with Gasteiger partial charge in [-0.25, -0.2) is 0 Å². The van der Waals surface area contributed by atoms with E-state index in [1.54, 1.807) is 0 Å². The van der Waals surface area contributed by atoms with Crippen LogP contribution in [-0.2, 0) is 0 Å². The van der Waals surface area contributed by atoms with Crippen LogP contribution in [0.5, 0.6) is 5.75 Å². The summed E-state index contributed by atoms with van der Waals surface area (Å²) in [6, 6.07) is 4.44. The van der Waals surface area contributed by atoms with Gasteiger partial charge in [0.15, 0.2) is 0 Å². The topological polar surface area (TPSA) is 21.3 Å². The summed E-state index contributed by atoms with van der Waals surface area (Å²) in [4.78, 5) is 0. The lowest BCUT2D eigenvalue weighted by Crippen LogP contribution is -2.36. The van der Waals surface area contributed by atoms with Gasteiger partial charge in [0.25, 0.3) is 0 Å². The Morgan fingerprint density at radius 1 is 1.11 bits per heavy atom. The van der Waals surface area contributed by atoms with Gasteiger partial charge in [-0.2, -0.15) is 0 Å². The van der Waals surface area contributed by atoms with E-state index < -0.39 is 0 Å². The minimum Gasteiger partial charge on any atom is -0.490 e. The third-order valence-electron chi connectivity index (χ3n) is 4.18. The summed E-state index contributed by atoms with van der Waals surface area (Å²) in [5.41, 5.74) is 3.86. The highest BCUT2D eigenvalue weighted by Gasteiger charge is 2.27. The van der Waals surface area contributed by atoms with Crippen LogP contribution < -0.4 is 10.1 Å². The van der Waals surface area contributed by atoms with Gasteiger partial charge in [-0.3, -0.25) is 0 Å². The lowest BCUT2D eigenvalue weighted by molar-refractivity contribution is 0.0917. The highest BCUT2D eigenvalue weighted by atomic mass is 16.5. The Balaban J connectivity index is 2.15. The Morgan fingerprint density at radius 2 is 1.74 bits per heavy atom. The summed E-state index contributed by atoms with van der Waals surface area (Å²) in [6.45, 7) is 7.53. The van der Waals surface area contributed by atoms with Crippen LogP contribution in [-0.4, -0.2) is 19.7 Å². The lowest BCUT2D eigenvalue weighted by atomic mass is 9.86. The van der Waals surface area contributed by atoms with Crippen LogP contribution in [0, 0.1) is 26.7 Å². The van der Waals surface area contributed by atoms with E-state index in [-0.39, 0.29) is 0 Å². The van der Waals surface area contributed by atoms with Crippen molar-refractivity contribution < 1.29 is 4.74 Å². The fourth-order valence-electron chi connectivity index (χ4n) is 3.33. The number of rotatable bonds is 4. The zero-order valence-corrected chi connectivity index (χ0v) is 12.8. The standard InChI is InChI=1S/C17H27NO/c1-12-9-13(2)17(14(3)10-12)19-16-8-6-5-7-15(16)11-18-4/h9-10,15-16,18H,5-8,11H2,1-4H3. The molecular weight excluding hydrogens is 234 g/mol. The Bertz CT molecular complexity index is 402. The largest absolute Gasteiger partial charge is 0.490 e. The summed E-state index contributed by atoms with van der Waals surface area (Å²) in [5, 5.41) is 3.31. The molecule has 19 heavy (non-hydrogen) atoms. The van der Waals surface area contributed by atoms with Gasteiger partial charge >= 0.3 is 0 Å². The zero-order valence-electron chi connectivity index (χ0n) is 12.8. The molecule has 0 saturated heterocycles. The van der Waals surface area contributed by atoms with Crippen molar-refractivity contribution in [2.24, 2.45) is 5.92 Å². The van der Waals surface area contributed by atoms with Gasteiger partial charge in [-0.15, -0.1) is 0 Å². The van der Waals surface area contributed by atoms with Gasteiger partial charge in [0.1, 0.15) is 11.9 Å². The minimum absolute atomic E-state index is 0.376. The summed E-state index contributed by atoms with van der Waals surface area (Å²) in [7, 11) is 2.04. The molecule has 1 aliphatic carbocycles. The third-order valence-corrected chi connectivity index (χ3v) is 4.18. The highest BCUT2D eigenvalue weighted by Crippen LogP contribution is 2.32. The van der Waals surface area contributed by atoms with E-state index in [0.717, 1.165) is 12.3 Å². The summed E-state index contributed by atoms with van der Waals surface area (Å²) < 4.78 is 6.40. The van der Waals surface area contributed by atoms with E-state index in [1.807, 2.05) is 7.05 Å². The first-order valence-electron chi connectivity index (χ1n) is 7.51. The number of hydrogen-bond acceptors (Lipinski definition) is 2. The maximum absolute atomic E-state index is 6.40. The van der Waals surface area contributed by atoms with Crippen LogP contribution in [0.1, 0.15) is 42.4 Å². The Morgan fingerprint density at radius 3 is 2.37 bits per heavy atom. The predicted molar refractivity (Wildman–Crippen MR) is 81.0 cm³/mol. The molecule has 0 aliphatic heterocycles. The predicted octanol–water partition coefficient (Wildman–Crippen LogP) is 3.77. The molecule has 0 heterocycles. The molecule has 0 spiro atoms. The van der Waals surface area contributed by atoms with Crippen LogP contribution in [0.25, 0.3) is 0 Å². The van der Waals surface area contributed by atoms with Gasteiger partial charge in [0.05, 0.1) is 0 Å². The number of nitrogens with one attached hydrogen (secondary N) is 1. The number of hydrogen-bond donors (Lipinski definition) is 1. The monoisotopic (exact) mass is 261 g/mol. The van der Waals surface area contributed by atoms with Gasteiger partial charge < -0.3 is 10.1 Å². The average Bonchev–Trinajstić information content (AvgIpc) is 2.36. The number of aryl methyl sites for hydroxylation is 3. The lowest BCUT2D eigenvalue weighted by Gasteiger charge is -2.33. The highest BCUT2D eigenvalue weighted by molar-refractivity contribution is 5.43. The van der Waals surface area contributed by atoms with E-state index >= 15 is 0 Å². The molecule has 2 heteroatoms. The third kappa shape index (κ3) is 3.50. The SMILES string of the molecule is CNCC1CCCCC1Oc1c(C)cc(C)cc1C. The van der Waals surface area contributed by atoms with Crippen LogP contribution >= 0.6 is 0 Å². The summed E-state index contributed by atoms with van der Waals surface area (Å²) in [5.74, 6) is 1.76. The van der Waals surface area contributed by atoms with Gasteiger partial charge in [-0.05, 0) is 58.2 Å². The first-order valence-corrected chi connectivity index (χ1v) is 7.51.